The lowest BCUT2D eigenvalue weighted by atomic mass is 10.1. The molecule has 0 saturated carbocycles. The van der Waals surface area contributed by atoms with E-state index in [2.05, 4.69) is 4.72 Å². The Bertz CT molecular complexity index is 1080. The molecule has 3 aromatic carbocycles. The first kappa shape index (κ1) is 19.3. The van der Waals surface area contributed by atoms with Gasteiger partial charge in [-0.25, -0.2) is 13.9 Å². The smallest absolute Gasteiger partial charge is 0.267 e. The van der Waals surface area contributed by atoms with Crippen LogP contribution in [0.25, 0.3) is 17.2 Å². The Morgan fingerprint density at radius 1 is 0.821 bits per heavy atom. The van der Waals surface area contributed by atoms with E-state index in [0.717, 1.165) is 17.2 Å². The van der Waals surface area contributed by atoms with Gasteiger partial charge in [0.25, 0.3) is 15.9 Å². The van der Waals surface area contributed by atoms with E-state index in [1.54, 1.807) is 48.5 Å². The molecule has 0 aliphatic heterocycles. The van der Waals surface area contributed by atoms with Gasteiger partial charge in [0.15, 0.2) is 0 Å². The number of hydroxylamine groups is 1. The highest BCUT2D eigenvalue weighted by Crippen LogP contribution is 2.22. The van der Waals surface area contributed by atoms with Crippen LogP contribution in [0, 0.1) is 0 Å². The number of carbonyl (C=O) groups is 1. The minimum Gasteiger partial charge on any atom is -0.288 e. The molecule has 0 bridgehead atoms. The summed E-state index contributed by atoms with van der Waals surface area (Å²) in [5.41, 5.74) is 4.52. The zero-order valence-electron chi connectivity index (χ0n) is 14.7. The SMILES string of the molecule is O=C(C=Cc1ccc(NS(=O)(=O)c2ccc(-c3ccccc3)cc2)cc1)NO. The van der Waals surface area contributed by atoms with E-state index in [1.807, 2.05) is 30.3 Å². The van der Waals surface area contributed by atoms with Crippen molar-refractivity contribution in [3.05, 3.63) is 90.5 Å². The van der Waals surface area contributed by atoms with Crippen LogP contribution in [0.2, 0.25) is 0 Å². The first-order valence-corrected chi connectivity index (χ1v) is 9.87. The Labute approximate surface area is 163 Å². The van der Waals surface area contributed by atoms with Gasteiger partial charge < -0.3 is 0 Å². The molecule has 7 heteroatoms. The third-order valence-electron chi connectivity index (χ3n) is 3.97. The van der Waals surface area contributed by atoms with Crippen LogP contribution in [-0.2, 0) is 14.8 Å². The van der Waals surface area contributed by atoms with Crippen LogP contribution < -0.4 is 10.2 Å². The molecule has 0 aliphatic carbocycles. The highest BCUT2D eigenvalue weighted by molar-refractivity contribution is 7.92. The second-order valence-corrected chi connectivity index (χ2v) is 7.61. The minimum atomic E-state index is -3.72. The van der Waals surface area contributed by atoms with Crippen molar-refractivity contribution >= 4 is 27.7 Å². The highest BCUT2D eigenvalue weighted by atomic mass is 32.2. The van der Waals surface area contributed by atoms with Gasteiger partial charge in [0.1, 0.15) is 0 Å². The highest BCUT2D eigenvalue weighted by Gasteiger charge is 2.14. The van der Waals surface area contributed by atoms with E-state index in [-0.39, 0.29) is 4.90 Å². The van der Waals surface area contributed by atoms with E-state index < -0.39 is 15.9 Å². The molecular formula is C21H18N2O4S. The van der Waals surface area contributed by atoms with Crippen LogP contribution in [-0.4, -0.2) is 19.5 Å². The van der Waals surface area contributed by atoms with Crippen molar-refractivity contribution in [3.63, 3.8) is 0 Å². The van der Waals surface area contributed by atoms with Gasteiger partial charge in [-0.1, -0.05) is 54.6 Å². The van der Waals surface area contributed by atoms with Crippen molar-refractivity contribution in [2.75, 3.05) is 4.72 Å². The van der Waals surface area contributed by atoms with Crippen LogP contribution >= 0.6 is 0 Å². The predicted octanol–water partition coefficient (Wildman–Crippen LogP) is 3.67. The molecule has 0 unspecified atom stereocenters. The summed E-state index contributed by atoms with van der Waals surface area (Å²) in [5.74, 6) is -0.649. The van der Waals surface area contributed by atoms with Crippen molar-refractivity contribution in [1.29, 1.82) is 0 Å². The summed E-state index contributed by atoms with van der Waals surface area (Å²) >= 11 is 0. The second kappa shape index (κ2) is 8.51. The van der Waals surface area contributed by atoms with Gasteiger partial charge in [-0.05, 0) is 47.0 Å². The molecule has 3 rings (SSSR count). The Balaban J connectivity index is 1.73. The largest absolute Gasteiger partial charge is 0.288 e. The number of benzene rings is 3. The Hall–Kier alpha value is -3.42. The van der Waals surface area contributed by atoms with Crippen LogP contribution in [0.3, 0.4) is 0 Å². The minimum absolute atomic E-state index is 0.163. The van der Waals surface area contributed by atoms with Gasteiger partial charge in [-0.3, -0.25) is 14.7 Å². The fraction of sp³-hybridized carbons (Fsp3) is 0. The van der Waals surface area contributed by atoms with Gasteiger partial charge in [-0.15, -0.1) is 0 Å². The maximum Gasteiger partial charge on any atom is 0.267 e. The summed E-state index contributed by atoms with van der Waals surface area (Å²) in [7, 11) is -3.72. The molecule has 142 valence electrons. The molecule has 0 spiro atoms. The monoisotopic (exact) mass is 394 g/mol. The second-order valence-electron chi connectivity index (χ2n) is 5.93. The summed E-state index contributed by atoms with van der Waals surface area (Å²) in [6.45, 7) is 0. The third kappa shape index (κ3) is 4.85. The summed E-state index contributed by atoms with van der Waals surface area (Å²) in [5, 5.41) is 8.45. The average Bonchev–Trinajstić information content (AvgIpc) is 2.73. The number of carbonyl (C=O) groups excluding carboxylic acids is 1. The van der Waals surface area contributed by atoms with Gasteiger partial charge in [0.2, 0.25) is 0 Å². The van der Waals surface area contributed by atoms with Gasteiger partial charge in [-0.2, -0.15) is 0 Å². The maximum absolute atomic E-state index is 12.6. The quantitative estimate of drug-likeness (QED) is 0.338. The first-order valence-electron chi connectivity index (χ1n) is 8.38. The Kier molecular flexibility index (Phi) is 5.88. The van der Waals surface area contributed by atoms with Crippen LogP contribution in [0.1, 0.15) is 5.56 Å². The van der Waals surface area contributed by atoms with E-state index in [4.69, 9.17) is 5.21 Å². The zero-order valence-corrected chi connectivity index (χ0v) is 15.6. The molecule has 28 heavy (non-hydrogen) atoms. The normalized spacial score (nSPS) is 11.3. The summed E-state index contributed by atoms with van der Waals surface area (Å²) in [6.07, 6.45) is 2.65. The molecule has 6 nitrogen and oxygen atoms in total. The maximum atomic E-state index is 12.6. The molecule has 0 heterocycles. The predicted molar refractivity (Wildman–Crippen MR) is 108 cm³/mol. The third-order valence-corrected chi connectivity index (χ3v) is 5.37. The van der Waals surface area contributed by atoms with Crippen LogP contribution in [0.4, 0.5) is 5.69 Å². The summed E-state index contributed by atoms with van der Waals surface area (Å²) in [4.78, 5) is 11.1. The lowest BCUT2D eigenvalue weighted by Gasteiger charge is -2.09. The van der Waals surface area contributed by atoms with Gasteiger partial charge in [0, 0.05) is 11.8 Å². The number of anilines is 1. The van der Waals surface area contributed by atoms with Crippen molar-refractivity contribution < 1.29 is 18.4 Å². The van der Waals surface area contributed by atoms with Crippen molar-refractivity contribution in [3.8, 4) is 11.1 Å². The zero-order chi connectivity index (χ0) is 20.0. The van der Waals surface area contributed by atoms with E-state index in [0.29, 0.717) is 11.3 Å². The molecule has 0 saturated heterocycles. The number of rotatable bonds is 6. The Morgan fingerprint density at radius 3 is 2.04 bits per heavy atom. The molecular weight excluding hydrogens is 376 g/mol. The van der Waals surface area contributed by atoms with Crippen LogP contribution in [0.5, 0.6) is 0 Å². The molecule has 0 aliphatic rings. The first-order chi connectivity index (χ1) is 13.5. The topological polar surface area (TPSA) is 95.5 Å². The lowest BCUT2D eigenvalue weighted by molar-refractivity contribution is -0.124. The van der Waals surface area contributed by atoms with E-state index in [9.17, 15) is 13.2 Å². The number of sulfonamides is 1. The van der Waals surface area contributed by atoms with Crippen LogP contribution in [0.15, 0.2) is 89.8 Å². The fourth-order valence-corrected chi connectivity index (χ4v) is 3.60. The Morgan fingerprint density at radius 2 is 1.43 bits per heavy atom. The fourth-order valence-electron chi connectivity index (χ4n) is 2.54. The molecule has 3 aromatic rings. The molecule has 0 atom stereocenters. The number of nitrogens with one attached hydrogen (secondary N) is 2. The molecule has 0 aromatic heterocycles. The lowest BCUT2D eigenvalue weighted by Crippen LogP contribution is -2.14. The molecule has 0 fully saturated rings. The van der Waals surface area contributed by atoms with Crippen molar-refractivity contribution in [1.82, 2.24) is 5.48 Å². The molecule has 3 N–H and O–H groups in total. The van der Waals surface area contributed by atoms with Crippen molar-refractivity contribution in [2.45, 2.75) is 4.90 Å². The summed E-state index contributed by atoms with van der Waals surface area (Å²) in [6, 6.07) is 22.8. The number of hydrogen-bond donors (Lipinski definition) is 3. The van der Waals surface area contributed by atoms with Gasteiger partial charge >= 0.3 is 0 Å². The average molecular weight is 394 g/mol. The van der Waals surface area contributed by atoms with Gasteiger partial charge in [0.05, 0.1) is 4.90 Å². The number of hydrogen-bond acceptors (Lipinski definition) is 4. The summed E-state index contributed by atoms with van der Waals surface area (Å²) < 4.78 is 27.7. The number of amides is 1. The van der Waals surface area contributed by atoms with Crippen molar-refractivity contribution in [2.24, 2.45) is 0 Å². The van der Waals surface area contributed by atoms with E-state index in [1.165, 1.54) is 11.6 Å². The molecule has 1 amide bonds. The van der Waals surface area contributed by atoms with E-state index >= 15 is 0 Å². The molecule has 0 radical (unpaired) electrons. The standard InChI is InChI=1S/C21H18N2O4S/c24-21(22-25)15-8-16-6-11-19(12-7-16)23-28(26,27)20-13-9-18(10-14-20)17-4-2-1-3-5-17/h1-15,23,25H,(H,22,24).